The summed E-state index contributed by atoms with van der Waals surface area (Å²) in [5, 5.41) is 3.49. The lowest BCUT2D eigenvalue weighted by Crippen LogP contribution is -2.48. The van der Waals surface area contributed by atoms with E-state index in [-0.39, 0.29) is 30.4 Å². The Hall–Kier alpha value is -3.16. The summed E-state index contributed by atoms with van der Waals surface area (Å²) < 4.78 is 11.4. The standard InChI is InChI=1S/C26H28ClN3O4/c1-17-15-30(16-18(2)33-17)26(32)20-9-7-19(8-10-20)13-28-24(31)11-12-25-29-14-23(34-25)21-5-3-4-6-22(21)27/h3-10,14,17-18H,11-13,15-16H2,1-2H3,(H,28,31). The molecule has 0 spiro atoms. The predicted octanol–water partition coefficient (Wildman–Crippen LogP) is 4.49. The summed E-state index contributed by atoms with van der Waals surface area (Å²) >= 11 is 6.20. The Morgan fingerprint density at radius 3 is 2.50 bits per heavy atom. The number of benzene rings is 2. The van der Waals surface area contributed by atoms with Gasteiger partial charge in [-0.25, -0.2) is 4.98 Å². The van der Waals surface area contributed by atoms with Crippen LogP contribution in [0.25, 0.3) is 11.3 Å². The van der Waals surface area contributed by atoms with E-state index in [1.807, 2.05) is 49.1 Å². The van der Waals surface area contributed by atoms with Gasteiger partial charge in [0.2, 0.25) is 5.91 Å². The van der Waals surface area contributed by atoms with Crippen molar-refractivity contribution >= 4 is 23.4 Å². The van der Waals surface area contributed by atoms with Crippen LogP contribution >= 0.6 is 11.6 Å². The fourth-order valence-corrected chi connectivity index (χ4v) is 4.24. The summed E-state index contributed by atoms with van der Waals surface area (Å²) in [4.78, 5) is 31.1. The van der Waals surface area contributed by atoms with Crippen molar-refractivity contribution in [1.29, 1.82) is 0 Å². The van der Waals surface area contributed by atoms with E-state index >= 15 is 0 Å². The van der Waals surface area contributed by atoms with Crippen LogP contribution in [0.5, 0.6) is 0 Å². The molecule has 2 amide bonds. The van der Waals surface area contributed by atoms with E-state index in [1.165, 1.54) is 0 Å². The molecule has 178 valence electrons. The summed E-state index contributed by atoms with van der Waals surface area (Å²) in [6.45, 7) is 5.51. The summed E-state index contributed by atoms with van der Waals surface area (Å²) in [6, 6.07) is 14.7. The Kier molecular flexibility index (Phi) is 7.65. The third kappa shape index (κ3) is 6.04. The maximum atomic E-state index is 12.8. The van der Waals surface area contributed by atoms with E-state index < -0.39 is 0 Å². The second kappa shape index (κ2) is 10.8. The zero-order valence-electron chi connectivity index (χ0n) is 19.3. The number of nitrogens with zero attached hydrogens (tertiary/aromatic N) is 2. The van der Waals surface area contributed by atoms with Crippen LogP contribution in [0.1, 0.15) is 42.1 Å². The highest BCUT2D eigenvalue weighted by molar-refractivity contribution is 6.33. The number of aryl methyl sites for hydroxylation is 1. The van der Waals surface area contributed by atoms with Crippen molar-refractivity contribution in [3.8, 4) is 11.3 Å². The van der Waals surface area contributed by atoms with Crippen LogP contribution in [0.3, 0.4) is 0 Å². The number of amides is 2. The predicted molar refractivity (Wildman–Crippen MR) is 129 cm³/mol. The first kappa shape index (κ1) is 24.0. The highest BCUT2D eigenvalue weighted by atomic mass is 35.5. The molecule has 2 heterocycles. The lowest BCUT2D eigenvalue weighted by atomic mass is 10.1. The molecule has 0 radical (unpaired) electrons. The van der Waals surface area contributed by atoms with E-state index in [0.717, 1.165) is 11.1 Å². The van der Waals surface area contributed by atoms with Crippen molar-refractivity contribution in [3.05, 3.63) is 76.8 Å². The van der Waals surface area contributed by atoms with Gasteiger partial charge in [-0.15, -0.1) is 0 Å². The van der Waals surface area contributed by atoms with E-state index in [0.29, 0.717) is 48.3 Å². The van der Waals surface area contributed by atoms with Gasteiger partial charge >= 0.3 is 0 Å². The molecule has 1 N–H and O–H groups in total. The summed E-state index contributed by atoms with van der Waals surface area (Å²) in [5.41, 5.74) is 2.33. The molecule has 1 aromatic heterocycles. The third-order valence-corrected chi connectivity index (χ3v) is 5.99. The van der Waals surface area contributed by atoms with Gasteiger partial charge in [-0.1, -0.05) is 35.9 Å². The zero-order valence-corrected chi connectivity index (χ0v) is 20.0. The molecule has 2 aromatic carbocycles. The molecule has 0 bridgehead atoms. The molecule has 0 saturated carbocycles. The minimum Gasteiger partial charge on any atom is -0.441 e. The molecule has 34 heavy (non-hydrogen) atoms. The molecule has 1 saturated heterocycles. The van der Waals surface area contributed by atoms with Gasteiger partial charge in [-0.05, 0) is 43.7 Å². The van der Waals surface area contributed by atoms with Crippen molar-refractivity contribution in [2.24, 2.45) is 0 Å². The van der Waals surface area contributed by atoms with Gasteiger partial charge in [-0.2, -0.15) is 0 Å². The normalized spacial score (nSPS) is 18.0. The van der Waals surface area contributed by atoms with Gasteiger partial charge in [-0.3, -0.25) is 9.59 Å². The van der Waals surface area contributed by atoms with Crippen molar-refractivity contribution in [3.63, 3.8) is 0 Å². The zero-order chi connectivity index (χ0) is 24.1. The van der Waals surface area contributed by atoms with Gasteiger partial charge in [0.1, 0.15) is 0 Å². The Balaban J connectivity index is 1.24. The molecule has 3 aromatic rings. The summed E-state index contributed by atoms with van der Waals surface area (Å²) in [6.07, 6.45) is 2.32. The average Bonchev–Trinajstić information content (AvgIpc) is 3.30. The first-order chi connectivity index (χ1) is 16.4. The second-order valence-electron chi connectivity index (χ2n) is 8.54. The SMILES string of the molecule is CC1CN(C(=O)c2ccc(CNC(=O)CCc3ncc(-c4ccccc4Cl)o3)cc2)CC(C)O1. The minimum absolute atomic E-state index is 0.000284. The quantitative estimate of drug-likeness (QED) is 0.537. The van der Waals surface area contributed by atoms with E-state index in [9.17, 15) is 9.59 Å². The fourth-order valence-electron chi connectivity index (χ4n) is 4.01. The summed E-state index contributed by atoms with van der Waals surface area (Å²) in [7, 11) is 0. The molecule has 1 aliphatic heterocycles. The first-order valence-electron chi connectivity index (χ1n) is 11.4. The number of carbonyl (C=O) groups is 2. The highest BCUT2D eigenvalue weighted by Gasteiger charge is 2.26. The molecule has 0 aliphatic carbocycles. The monoisotopic (exact) mass is 481 g/mol. The van der Waals surface area contributed by atoms with Crippen molar-refractivity contribution in [1.82, 2.24) is 15.2 Å². The number of oxazole rings is 1. The lowest BCUT2D eigenvalue weighted by Gasteiger charge is -2.35. The van der Waals surface area contributed by atoms with Crippen LogP contribution in [-0.2, 0) is 22.5 Å². The maximum Gasteiger partial charge on any atom is 0.254 e. The van der Waals surface area contributed by atoms with Gasteiger partial charge in [0, 0.05) is 43.6 Å². The number of nitrogens with one attached hydrogen (secondary N) is 1. The summed E-state index contributed by atoms with van der Waals surface area (Å²) in [5.74, 6) is 0.963. The van der Waals surface area contributed by atoms with Crippen LogP contribution in [-0.4, -0.2) is 47.0 Å². The molecule has 2 unspecified atom stereocenters. The van der Waals surface area contributed by atoms with Gasteiger partial charge < -0.3 is 19.4 Å². The topological polar surface area (TPSA) is 84.7 Å². The molecule has 2 atom stereocenters. The van der Waals surface area contributed by atoms with Gasteiger partial charge in [0.15, 0.2) is 11.7 Å². The molecule has 1 fully saturated rings. The Morgan fingerprint density at radius 2 is 1.79 bits per heavy atom. The highest BCUT2D eigenvalue weighted by Crippen LogP contribution is 2.28. The molecule has 7 nitrogen and oxygen atoms in total. The lowest BCUT2D eigenvalue weighted by molar-refractivity contribution is -0.121. The van der Waals surface area contributed by atoms with Crippen LogP contribution in [0, 0.1) is 0 Å². The average molecular weight is 482 g/mol. The Labute approximate surface area is 204 Å². The second-order valence-corrected chi connectivity index (χ2v) is 8.95. The number of rotatable bonds is 7. The number of morpholine rings is 1. The third-order valence-electron chi connectivity index (χ3n) is 5.66. The minimum atomic E-state index is -0.103. The molecular formula is C26H28ClN3O4. The number of hydrogen-bond donors (Lipinski definition) is 1. The van der Waals surface area contributed by atoms with Crippen molar-refractivity contribution in [2.45, 2.75) is 45.4 Å². The van der Waals surface area contributed by atoms with Crippen LogP contribution in [0.15, 0.2) is 59.1 Å². The first-order valence-corrected chi connectivity index (χ1v) is 11.8. The Bertz CT molecular complexity index is 1130. The number of aromatic nitrogens is 1. The molecule has 1 aliphatic rings. The van der Waals surface area contributed by atoms with Crippen LogP contribution in [0.4, 0.5) is 0 Å². The number of carbonyl (C=O) groups excluding carboxylic acids is 2. The maximum absolute atomic E-state index is 12.8. The van der Waals surface area contributed by atoms with Crippen LogP contribution < -0.4 is 5.32 Å². The van der Waals surface area contributed by atoms with E-state index in [1.54, 1.807) is 24.4 Å². The van der Waals surface area contributed by atoms with Crippen LogP contribution in [0.2, 0.25) is 5.02 Å². The molecule has 4 rings (SSSR count). The van der Waals surface area contributed by atoms with Crippen molar-refractivity contribution < 1.29 is 18.7 Å². The molecule has 8 heteroatoms. The van der Waals surface area contributed by atoms with Gasteiger partial charge in [0.25, 0.3) is 5.91 Å². The van der Waals surface area contributed by atoms with E-state index in [2.05, 4.69) is 10.3 Å². The fraction of sp³-hybridized carbons (Fsp3) is 0.346. The smallest absolute Gasteiger partial charge is 0.254 e. The molecular weight excluding hydrogens is 454 g/mol. The largest absolute Gasteiger partial charge is 0.441 e. The number of halogens is 1. The van der Waals surface area contributed by atoms with Crippen molar-refractivity contribution in [2.75, 3.05) is 13.1 Å². The number of ether oxygens (including phenoxy) is 1. The van der Waals surface area contributed by atoms with Gasteiger partial charge in [0.05, 0.1) is 23.4 Å². The number of hydrogen-bond acceptors (Lipinski definition) is 5. The Morgan fingerprint density at radius 1 is 1.09 bits per heavy atom. The van der Waals surface area contributed by atoms with E-state index in [4.69, 9.17) is 20.8 Å².